The van der Waals surface area contributed by atoms with Crippen LogP contribution in [0, 0.1) is 5.92 Å². The number of halogens is 1. The quantitative estimate of drug-likeness (QED) is 0.806. The van der Waals surface area contributed by atoms with Crippen LogP contribution in [0.5, 0.6) is 0 Å². The number of para-hydroxylation sites is 1. The van der Waals surface area contributed by atoms with Crippen molar-refractivity contribution in [2.45, 2.75) is 13.0 Å². The lowest BCUT2D eigenvalue weighted by molar-refractivity contribution is -0.135. The van der Waals surface area contributed by atoms with E-state index in [1.165, 1.54) is 0 Å². The summed E-state index contributed by atoms with van der Waals surface area (Å²) in [5, 5.41) is 0. The van der Waals surface area contributed by atoms with Crippen molar-refractivity contribution >= 4 is 33.4 Å². The number of benzene rings is 2. The third kappa shape index (κ3) is 3.51. The Kier molecular flexibility index (Phi) is 5.00. The van der Waals surface area contributed by atoms with Gasteiger partial charge in [-0.25, -0.2) is 0 Å². The molecule has 1 unspecified atom stereocenters. The molecule has 3 rings (SSSR count). The molecule has 0 aliphatic carbocycles. The summed E-state index contributed by atoms with van der Waals surface area (Å²) in [6.07, 6.45) is 0.263. The fraction of sp³-hybridized carbons (Fsp3) is 0.263. The van der Waals surface area contributed by atoms with E-state index in [9.17, 15) is 9.59 Å². The molecule has 5 heteroatoms. The Morgan fingerprint density at radius 1 is 1.17 bits per heavy atom. The van der Waals surface area contributed by atoms with Crippen LogP contribution in [0.2, 0.25) is 0 Å². The number of anilines is 1. The van der Waals surface area contributed by atoms with Gasteiger partial charge in [-0.05, 0) is 33.6 Å². The third-order valence-electron chi connectivity index (χ3n) is 4.26. The molecule has 124 valence electrons. The maximum atomic E-state index is 12.7. The van der Waals surface area contributed by atoms with Crippen molar-refractivity contribution < 1.29 is 9.59 Å². The van der Waals surface area contributed by atoms with E-state index in [0.717, 1.165) is 15.7 Å². The maximum Gasteiger partial charge on any atom is 0.228 e. The summed E-state index contributed by atoms with van der Waals surface area (Å²) in [6.45, 7) is 0.985. The monoisotopic (exact) mass is 386 g/mol. The second kappa shape index (κ2) is 7.18. The van der Waals surface area contributed by atoms with Gasteiger partial charge in [-0.2, -0.15) is 0 Å². The van der Waals surface area contributed by atoms with Crippen molar-refractivity contribution in [1.29, 1.82) is 0 Å². The van der Waals surface area contributed by atoms with Crippen molar-refractivity contribution in [1.82, 2.24) is 4.90 Å². The number of nitrogens with zero attached hydrogens (tertiary/aromatic N) is 2. The number of rotatable bonds is 4. The average Bonchev–Trinajstić information content (AvgIpc) is 2.97. The molecule has 1 fully saturated rings. The fourth-order valence-corrected chi connectivity index (χ4v) is 3.52. The van der Waals surface area contributed by atoms with Gasteiger partial charge in [0.1, 0.15) is 0 Å². The van der Waals surface area contributed by atoms with E-state index in [2.05, 4.69) is 15.9 Å². The molecule has 0 bridgehead atoms. The van der Waals surface area contributed by atoms with E-state index in [0.29, 0.717) is 13.1 Å². The Bertz CT molecular complexity index is 748. The van der Waals surface area contributed by atoms with Crippen LogP contribution in [0.1, 0.15) is 12.0 Å². The summed E-state index contributed by atoms with van der Waals surface area (Å²) in [7, 11) is 1.79. The summed E-state index contributed by atoms with van der Waals surface area (Å²) in [5.74, 6) is -0.284. The Morgan fingerprint density at radius 2 is 1.83 bits per heavy atom. The van der Waals surface area contributed by atoms with Crippen molar-refractivity contribution in [3.05, 3.63) is 64.6 Å². The van der Waals surface area contributed by atoms with Gasteiger partial charge in [0, 0.05) is 31.0 Å². The Hall–Kier alpha value is -2.14. The molecule has 0 saturated carbocycles. The van der Waals surface area contributed by atoms with E-state index in [4.69, 9.17) is 0 Å². The molecule has 24 heavy (non-hydrogen) atoms. The van der Waals surface area contributed by atoms with Crippen LogP contribution >= 0.6 is 15.9 Å². The SMILES string of the molecule is CN(Cc1ccccc1)C(=O)C1CC(=O)N(c2ccccc2Br)C1. The molecule has 0 aromatic heterocycles. The molecule has 1 aliphatic heterocycles. The lowest BCUT2D eigenvalue weighted by atomic mass is 10.1. The minimum absolute atomic E-state index is 0.00615. The fourth-order valence-electron chi connectivity index (χ4n) is 3.02. The molecule has 1 heterocycles. The zero-order valence-corrected chi connectivity index (χ0v) is 15.1. The summed E-state index contributed by atoms with van der Waals surface area (Å²) >= 11 is 3.47. The highest BCUT2D eigenvalue weighted by Crippen LogP contribution is 2.31. The average molecular weight is 387 g/mol. The van der Waals surface area contributed by atoms with E-state index in [-0.39, 0.29) is 24.2 Å². The molecule has 2 aromatic carbocycles. The summed E-state index contributed by atoms with van der Waals surface area (Å²) in [4.78, 5) is 28.5. The van der Waals surface area contributed by atoms with Crippen molar-refractivity contribution in [2.75, 3.05) is 18.5 Å². The molecule has 0 spiro atoms. The van der Waals surface area contributed by atoms with Crippen LogP contribution < -0.4 is 4.90 Å². The van der Waals surface area contributed by atoms with Crippen molar-refractivity contribution in [3.8, 4) is 0 Å². The molecule has 2 amide bonds. The first kappa shape index (κ1) is 16.7. The standard InChI is InChI=1S/C19H19BrN2O2/c1-21(12-14-7-3-2-4-8-14)19(24)15-11-18(23)22(13-15)17-10-6-5-9-16(17)20/h2-10,15H,11-13H2,1H3. The van der Waals surface area contributed by atoms with Crippen LogP contribution in [0.3, 0.4) is 0 Å². The van der Waals surface area contributed by atoms with Crippen LogP contribution in [0.15, 0.2) is 59.1 Å². The molecule has 0 N–H and O–H groups in total. The minimum atomic E-state index is -0.293. The minimum Gasteiger partial charge on any atom is -0.341 e. The third-order valence-corrected chi connectivity index (χ3v) is 4.93. The number of hydrogen-bond acceptors (Lipinski definition) is 2. The van der Waals surface area contributed by atoms with Gasteiger partial charge in [0.2, 0.25) is 11.8 Å². The zero-order valence-electron chi connectivity index (χ0n) is 13.5. The Balaban J connectivity index is 1.69. The summed E-state index contributed by atoms with van der Waals surface area (Å²) in [5.41, 5.74) is 1.91. The molecule has 2 aromatic rings. The zero-order chi connectivity index (χ0) is 17.1. The van der Waals surface area contributed by atoms with Gasteiger partial charge < -0.3 is 9.80 Å². The first-order valence-electron chi connectivity index (χ1n) is 7.90. The van der Waals surface area contributed by atoms with Crippen LogP contribution in [-0.4, -0.2) is 30.3 Å². The molecular weight excluding hydrogens is 368 g/mol. The van der Waals surface area contributed by atoms with Crippen molar-refractivity contribution in [3.63, 3.8) is 0 Å². The van der Waals surface area contributed by atoms with Gasteiger partial charge in [0.05, 0.1) is 11.6 Å². The van der Waals surface area contributed by atoms with E-state index in [1.54, 1.807) is 16.8 Å². The molecule has 1 aliphatic rings. The van der Waals surface area contributed by atoms with Gasteiger partial charge in [-0.15, -0.1) is 0 Å². The van der Waals surface area contributed by atoms with Crippen molar-refractivity contribution in [2.24, 2.45) is 5.92 Å². The van der Waals surface area contributed by atoms with Gasteiger partial charge in [0.25, 0.3) is 0 Å². The first-order chi connectivity index (χ1) is 11.6. The Morgan fingerprint density at radius 3 is 2.54 bits per heavy atom. The topological polar surface area (TPSA) is 40.6 Å². The van der Waals surface area contributed by atoms with Gasteiger partial charge in [-0.1, -0.05) is 42.5 Å². The normalized spacial score (nSPS) is 17.2. The molecule has 4 nitrogen and oxygen atoms in total. The highest BCUT2D eigenvalue weighted by molar-refractivity contribution is 9.10. The number of amides is 2. The van der Waals surface area contributed by atoms with Crippen LogP contribution in [-0.2, 0) is 16.1 Å². The van der Waals surface area contributed by atoms with Gasteiger partial charge in [0.15, 0.2) is 0 Å². The highest BCUT2D eigenvalue weighted by Gasteiger charge is 2.37. The highest BCUT2D eigenvalue weighted by atomic mass is 79.9. The van der Waals surface area contributed by atoms with E-state index < -0.39 is 0 Å². The molecule has 0 radical (unpaired) electrons. The smallest absolute Gasteiger partial charge is 0.228 e. The lowest BCUT2D eigenvalue weighted by Gasteiger charge is -2.22. The molecule has 1 atom stereocenters. The van der Waals surface area contributed by atoms with E-state index in [1.807, 2.05) is 54.6 Å². The van der Waals surface area contributed by atoms with E-state index >= 15 is 0 Å². The number of carbonyl (C=O) groups excluding carboxylic acids is 2. The number of carbonyl (C=O) groups is 2. The molecule has 1 saturated heterocycles. The maximum absolute atomic E-state index is 12.7. The van der Waals surface area contributed by atoms with Crippen LogP contribution in [0.25, 0.3) is 0 Å². The van der Waals surface area contributed by atoms with Gasteiger partial charge >= 0.3 is 0 Å². The second-order valence-corrected chi connectivity index (χ2v) is 6.89. The summed E-state index contributed by atoms with van der Waals surface area (Å²) < 4.78 is 0.865. The largest absolute Gasteiger partial charge is 0.341 e. The predicted octanol–water partition coefficient (Wildman–Crippen LogP) is 3.46. The molecular formula is C19H19BrN2O2. The lowest BCUT2D eigenvalue weighted by Crippen LogP contribution is -2.34. The first-order valence-corrected chi connectivity index (χ1v) is 8.69. The Labute approximate surface area is 150 Å². The number of hydrogen-bond donors (Lipinski definition) is 0. The second-order valence-electron chi connectivity index (χ2n) is 6.04. The predicted molar refractivity (Wildman–Crippen MR) is 97.5 cm³/mol. The summed E-state index contributed by atoms with van der Waals surface area (Å²) in [6, 6.07) is 17.5. The van der Waals surface area contributed by atoms with Crippen LogP contribution in [0.4, 0.5) is 5.69 Å². The van der Waals surface area contributed by atoms with Gasteiger partial charge in [-0.3, -0.25) is 9.59 Å².